The summed E-state index contributed by atoms with van der Waals surface area (Å²) in [5.74, 6) is -0.772. The summed E-state index contributed by atoms with van der Waals surface area (Å²) in [4.78, 5) is 24.8. The smallest absolute Gasteiger partial charge is 0.340 e. The minimum atomic E-state index is -4.25. The van der Waals surface area contributed by atoms with E-state index in [1.54, 1.807) is 32.9 Å². The van der Waals surface area contributed by atoms with Crippen molar-refractivity contribution >= 4 is 27.2 Å². The summed E-state index contributed by atoms with van der Waals surface area (Å²) < 4.78 is 32.5. The van der Waals surface area contributed by atoms with Crippen LogP contribution in [0, 0.1) is 30.9 Å². The molecule has 2 aromatic carbocycles. The first kappa shape index (κ1) is 25.8. The highest BCUT2D eigenvalue weighted by Gasteiger charge is 2.30. The summed E-state index contributed by atoms with van der Waals surface area (Å²) in [6.45, 7) is 10.5. The molecule has 0 aliphatic heterocycles. The molecule has 35 heavy (non-hydrogen) atoms. The zero-order valence-electron chi connectivity index (χ0n) is 20.7. The zero-order valence-corrected chi connectivity index (χ0v) is 21.5. The molecule has 0 aliphatic rings. The number of hydrogen-bond donors (Lipinski definition) is 0. The number of nitro groups is 1. The molecular weight excluding hydrogens is 470 g/mol. The molecule has 3 aromatic rings. The predicted molar refractivity (Wildman–Crippen MR) is 132 cm³/mol. The minimum absolute atomic E-state index is 0.0269. The number of rotatable bonds is 7. The van der Waals surface area contributed by atoms with Crippen molar-refractivity contribution in [3.05, 3.63) is 85.6 Å². The second-order valence-electron chi connectivity index (χ2n) is 8.58. The lowest BCUT2D eigenvalue weighted by Gasteiger charge is -2.14. The quantitative estimate of drug-likeness (QED) is 0.193. The van der Waals surface area contributed by atoms with Gasteiger partial charge in [0.05, 0.1) is 16.2 Å². The van der Waals surface area contributed by atoms with Gasteiger partial charge in [0.15, 0.2) is 0 Å². The van der Waals surface area contributed by atoms with Gasteiger partial charge in [-0.3, -0.25) is 14.9 Å². The lowest BCUT2D eigenvalue weighted by Crippen LogP contribution is -2.15. The summed E-state index contributed by atoms with van der Waals surface area (Å²) in [7, 11) is -2.77. The van der Waals surface area contributed by atoms with E-state index in [2.05, 4.69) is 5.10 Å². The third-order valence-electron chi connectivity index (χ3n) is 5.90. The number of aromatic nitrogens is 2. The van der Waals surface area contributed by atoms with Crippen molar-refractivity contribution in [2.45, 2.75) is 46.4 Å². The molecule has 9 nitrogen and oxygen atoms in total. The van der Waals surface area contributed by atoms with Crippen molar-refractivity contribution < 1.29 is 22.3 Å². The molecule has 0 spiro atoms. The van der Waals surface area contributed by atoms with E-state index in [1.165, 1.54) is 36.0 Å². The van der Waals surface area contributed by atoms with Crippen LogP contribution in [0.5, 0.6) is 5.88 Å². The Morgan fingerprint density at radius 3 is 2.14 bits per heavy atom. The molecule has 3 rings (SSSR count). The van der Waals surface area contributed by atoms with Gasteiger partial charge in [0, 0.05) is 18.7 Å². The number of carbonyl (C=O) groups is 1. The molecule has 1 heterocycles. The molecule has 0 bridgehead atoms. The van der Waals surface area contributed by atoms with Crippen molar-refractivity contribution in [3.63, 3.8) is 0 Å². The molecule has 0 saturated heterocycles. The van der Waals surface area contributed by atoms with Crippen LogP contribution in [0.15, 0.2) is 46.9 Å². The summed E-state index contributed by atoms with van der Waals surface area (Å²) in [6, 6.07) is 8.79. The maximum atomic E-state index is 13.7. The maximum absolute atomic E-state index is 13.7. The lowest BCUT2D eigenvalue weighted by atomic mass is 9.90. The molecule has 0 N–H and O–H groups in total. The second kappa shape index (κ2) is 9.46. The first-order chi connectivity index (χ1) is 16.3. The summed E-state index contributed by atoms with van der Waals surface area (Å²) in [5.41, 5.74) is 3.53. The first-order valence-electron chi connectivity index (χ1n) is 10.8. The van der Waals surface area contributed by atoms with E-state index in [4.69, 9.17) is 4.18 Å². The Morgan fingerprint density at radius 2 is 1.60 bits per heavy atom. The standard InChI is InChI=1S/C25H27N3O6S/c1-14(2)16(4)22-17(5)20(12-13-21(22)28(30)31)24(29)23-18(6)26-27(7)25(23)34-35(32,33)19-10-8-15(3)9-11-19/h8-13H,1-7H3. The topological polar surface area (TPSA) is 121 Å². The number of allylic oxidation sites excluding steroid dienone is 2. The molecule has 0 saturated carbocycles. The van der Waals surface area contributed by atoms with Gasteiger partial charge in [0.25, 0.3) is 5.69 Å². The number of ketones is 1. The van der Waals surface area contributed by atoms with Crippen LogP contribution in [0.25, 0.3) is 5.57 Å². The van der Waals surface area contributed by atoms with E-state index in [0.29, 0.717) is 16.7 Å². The molecule has 0 amide bonds. The Bertz CT molecular complexity index is 1480. The Labute approximate surface area is 204 Å². The van der Waals surface area contributed by atoms with Crippen LogP contribution in [0.1, 0.15) is 59.1 Å². The lowest BCUT2D eigenvalue weighted by molar-refractivity contribution is -0.385. The van der Waals surface area contributed by atoms with E-state index in [1.807, 2.05) is 20.8 Å². The van der Waals surface area contributed by atoms with Gasteiger partial charge in [0.1, 0.15) is 10.5 Å². The second-order valence-corrected chi connectivity index (χ2v) is 10.1. The minimum Gasteiger partial charge on any atom is -0.358 e. The largest absolute Gasteiger partial charge is 0.358 e. The van der Waals surface area contributed by atoms with E-state index < -0.39 is 20.8 Å². The fraction of sp³-hybridized carbons (Fsp3) is 0.280. The van der Waals surface area contributed by atoms with Crippen molar-refractivity contribution in [2.75, 3.05) is 0 Å². The number of nitrogens with zero attached hydrogens (tertiary/aromatic N) is 3. The SMILES string of the molecule is CC(C)=C(C)c1c([N+](=O)[O-])ccc(C(=O)c2c(C)nn(C)c2OS(=O)(=O)c2ccc(C)cc2)c1C. The number of nitro benzene ring substituents is 1. The number of hydrogen-bond acceptors (Lipinski definition) is 7. The van der Waals surface area contributed by atoms with Gasteiger partial charge in [-0.15, -0.1) is 0 Å². The zero-order chi connectivity index (χ0) is 26.2. The monoisotopic (exact) mass is 497 g/mol. The Morgan fingerprint density at radius 1 is 1.00 bits per heavy atom. The highest BCUT2D eigenvalue weighted by atomic mass is 32.2. The molecule has 10 heteroatoms. The average Bonchev–Trinajstić information content (AvgIpc) is 3.04. The van der Waals surface area contributed by atoms with E-state index in [-0.39, 0.29) is 33.3 Å². The molecule has 0 atom stereocenters. The van der Waals surface area contributed by atoms with Crippen LogP contribution in [0.4, 0.5) is 5.69 Å². The Kier molecular flexibility index (Phi) is 6.98. The molecule has 0 radical (unpaired) electrons. The van der Waals surface area contributed by atoms with Crippen LogP contribution in [-0.4, -0.2) is 28.9 Å². The van der Waals surface area contributed by atoms with Crippen molar-refractivity contribution in [1.82, 2.24) is 9.78 Å². The van der Waals surface area contributed by atoms with Crippen LogP contribution < -0.4 is 4.18 Å². The van der Waals surface area contributed by atoms with E-state index in [0.717, 1.165) is 11.1 Å². The van der Waals surface area contributed by atoms with Crippen LogP contribution >= 0.6 is 0 Å². The van der Waals surface area contributed by atoms with Crippen molar-refractivity contribution in [2.24, 2.45) is 7.05 Å². The Hall–Kier alpha value is -3.79. The Balaban J connectivity index is 2.17. The van der Waals surface area contributed by atoms with Gasteiger partial charge in [-0.25, -0.2) is 4.68 Å². The van der Waals surface area contributed by atoms with Gasteiger partial charge in [-0.1, -0.05) is 23.3 Å². The van der Waals surface area contributed by atoms with E-state index >= 15 is 0 Å². The summed E-state index contributed by atoms with van der Waals surface area (Å²) >= 11 is 0. The number of benzene rings is 2. The molecule has 0 fully saturated rings. The molecule has 184 valence electrons. The van der Waals surface area contributed by atoms with Crippen molar-refractivity contribution in [3.8, 4) is 5.88 Å². The van der Waals surface area contributed by atoms with Crippen LogP contribution in [0.2, 0.25) is 0 Å². The third-order valence-corrected chi connectivity index (χ3v) is 7.13. The van der Waals surface area contributed by atoms with Crippen LogP contribution in [0.3, 0.4) is 0 Å². The molecule has 1 aromatic heterocycles. The van der Waals surface area contributed by atoms with Crippen LogP contribution in [-0.2, 0) is 17.2 Å². The molecule has 0 unspecified atom stereocenters. The highest BCUT2D eigenvalue weighted by molar-refractivity contribution is 7.87. The normalized spacial score (nSPS) is 11.3. The first-order valence-corrected chi connectivity index (χ1v) is 12.2. The summed E-state index contributed by atoms with van der Waals surface area (Å²) in [6.07, 6.45) is 0. The van der Waals surface area contributed by atoms with Gasteiger partial charge in [0.2, 0.25) is 11.7 Å². The van der Waals surface area contributed by atoms with Gasteiger partial charge in [-0.05, 0) is 70.9 Å². The molecular formula is C25H27N3O6S. The van der Waals surface area contributed by atoms with Gasteiger partial charge < -0.3 is 4.18 Å². The maximum Gasteiger partial charge on any atom is 0.340 e. The van der Waals surface area contributed by atoms with Gasteiger partial charge in [-0.2, -0.15) is 13.5 Å². The highest BCUT2D eigenvalue weighted by Crippen LogP contribution is 2.35. The number of carbonyl (C=O) groups excluding carboxylic acids is 1. The number of aryl methyl sites for hydroxylation is 3. The average molecular weight is 498 g/mol. The van der Waals surface area contributed by atoms with E-state index in [9.17, 15) is 23.3 Å². The molecule has 0 aliphatic carbocycles. The fourth-order valence-electron chi connectivity index (χ4n) is 3.80. The fourth-order valence-corrected chi connectivity index (χ4v) is 4.77. The van der Waals surface area contributed by atoms with Crippen molar-refractivity contribution in [1.29, 1.82) is 0 Å². The summed E-state index contributed by atoms with van der Waals surface area (Å²) in [5, 5.41) is 15.9. The third kappa shape index (κ3) is 4.88. The van der Waals surface area contributed by atoms with Gasteiger partial charge >= 0.3 is 10.1 Å². The predicted octanol–water partition coefficient (Wildman–Crippen LogP) is 5.07.